The number of nitrogens with zero attached hydrogens (tertiary/aromatic N) is 4. The lowest BCUT2D eigenvalue weighted by atomic mass is 9.85. The zero-order chi connectivity index (χ0) is 50.5. The van der Waals surface area contributed by atoms with Gasteiger partial charge in [0, 0.05) is 43.0 Å². The molecule has 382 valence electrons. The third-order valence-corrected chi connectivity index (χ3v) is 15.5. The van der Waals surface area contributed by atoms with Crippen LogP contribution in [0.25, 0.3) is 44.2 Å². The highest BCUT2D eigenvalue weighted by molar-refractivity contribution is 6.07. The Morgan fingerprint density at radius 1 is 0.819 bits per heavy atom. The monoisotopic (exact) mass is 986 g/mol. The summed E-state index contributed by atoms with van der Waals surface area (Å²) in [5.41, 5.74) is 6.43. The fourth-order valence-electron chi connectivity index (χ4n) is 12.3. The molecule has 2 aromatic heterocycles. The number of H-pyrrole nitrogens is 2. The molecule has 4 fully saturated rings. The van der Waals surface area contributed by atoms with E-state index in [-0.39, 0.29) is 60.0 Å². The number of alkyl carbamates (subject to hydrolysis) is 2. The summed E-state index contributed by atoms with van der Waals surface area (Å²) < 4.78 is 33.9. The summed E-state index contributed by atoms with van der Waals surface area (Å²) in [6.07, 6.45) is 4.75. The summed E-state index contributed by atoms with van der Waals surface area (Å²) in [5.74, 6) is 2.05. The van der Waals surface area contributed by atoms with Crippen LogP contribution in [0.4, 0.5) is 9.59 Å². The van der Waals surface area contributed by atoms with Crippen LogP contribution in [0.15, 0.2) is 61.0 Å². The van der Waals surface area contributed by atoms with Crippen LogP contribution in [-0.2, 0) is 39.9 Å². The van der Waals surface area contributed by atoms with Crippen LogP contribution in [0, 0.1) is 17.8 Å². The molecule has 0 radical (unpaired) electrons. The van der Waals surface area contributed by atoms with E-state index < -0.39 is 30.3 Å². The Labute approximate surface area is 418 Å². The van der Waals surface area contributed by atoms with Crippen LogP contribution >= 0.6 is 0 Å². The normalized spacial score (nSPS) is 26.8. The van der Waals surface area contributed by atoms with E-state index in [0.29, 0.717) is 69.3 Å². The molecule has 5 aliphatic heterocycles. The van der Waals surface area contributed by atoms with E-state index in [0.717, 1.165) is 68.3 Å². The zero-order valence-electron chi connectivity index (χ0n) is 42.1. The van der Waals surface area contributed by atoms with Crippen molar-refractivity contribution in [3.8, 4) is 28.1 Å². The lowest BCUT2D eigenvalue weighted by Gasteiger charge is -2.39. The van der Waals surface area contributed by atoms with Crippen molar-refractivity contribution in [3.05, 3.63) is 78.2 Å². The Kier molecular flexibility index (Phi) is 13.7. The van der Waals surface area contributed by atoms with Crippen LogP contribution in [-0.4, -0.2) is 125 Å². The van der Waals surface area contributed by atoms with Gasteiger partial charge >= 0.3 is 12.2 Å². The van der Waals surface area contributed by atoms with E-state index in [1.54, 1.807) is 7.11 Å². The number of hydrogen-bond donors (Lipinski definition) is 4. The number of rotatable bonds is 11. The SMILES string of the molecule is C=C1CC([C@H](NC(=O)OC)C(=O)N2C[C@@H](COC)C[C@H]2c2nc3c(ccc4cc5c(cc43)OCc3cc(-c4cnc([C@@H]6CC[C@H](C)N6C(=O)[C@@H](NC(=O)OC)C6C[C@@H](C)O[C@H](C)C6)[nH]4)ccc3-5)[nH]2)C[C@@H](C)O1. The number of amides is 4. The molecule has 18 heteroatoms. The first-order chi connectivity index (χ1) is 34.7. The third-order valence-electron chi connectivity index (χ3n) is 15.5. The number of nitrogens with one attached hydrogen (secondary N) is 4. The molecule has 0 spiro atoms. The topological polar surface area (TPSA) is 212 Å². The number of benzene rings is 3. The molecule has 5 aliphatic rings. The molecular formula is C54H66N8O10. The zero-order valence-corrected chi connectivity index (χ0v) is 42.1. The van der Waals surface area contributed by atoms with Gasteiger partial charge in [-0.3, -0.25) is 9.59 Å². The Morgan fingerprint density at radius 2 is 1.56 bits per heavy atom. The molecule has 0 saturated carbocycles. The average molecular weight is 987 g/mol. The maximum absolute atomic E-state index is 14.7. The number of likely N-dealkylation sites (tertiary alicyclic amines) is 2. The highest BCUT2D eigenvalue weighted by Gasteiger charge is 2.46. The molecule has 18 nitrogen and oxygen atoms in total. The van der Waals surface area contributed by atoms with Gasteiger partial charge in [-0.2, -0.15) is 0 Å². The second kappa shape index (κ2) is 20.1. The van der Waals surface area contributed by atoms with Gasteiger partial charge in [0.1, 0.15) is 36.1 Å². The average Bonchev–Trinajstić information content (AvgIpc) is 4.19. The van der Waals surface area contributed by atoms with E-state index >= 15 is 0 Å². The summed E-state index contributed by atoms with van der Waals surface area (Å²) >= 11 is 0. The molecule has 72 heavy (non-hydrogen) atoms. The number of carbonyl (C=O) groups is 4. The number of methoxy groups -OCH3 is 3. The van der Waals surface area contributed by atoms with Gasteiger partial charge in [0.25, 0.3) is 0 Å². The first-order valence-corrected chi connectivity index (χ1v) is 25.3. The van der Waals surface area contributed by atoms with Crippen molar-refractivity contribution in [3.63, 3.8) is 0 Å². The van der Waals surface area contributed by atoms with Gasteiger partial charge in [0.05, 0.1) is 79.9 Å². The van der Waals surface area contributed by atoms with Crippen LogP contribution in [0.2, 0.25) is 0 Å². The van der Waals surface area contributed by atoms with E-state index in [4.69, 9.17) is 38.4 Å². The molecule has 5 aromatic rings. The number of carbonyl (C=O) groups excluding carboxylic acids is 4. The minimum atomic E-state index is -0.855. The van der Waals surface area contributed by atoms with E-state index in [1.165, 1.54) is 14.2 Å². The minimum absolute atomic E-state index is 0.0383. The number of imidazole rings is 2. The Hall–Kier alpha value is -6.66. The van der Waals surface area contributed by atoms with Crippen molar-refractivity contribution in [1.82, 2.24) is 40.4 Å². The van der Waals surface area contributed by atoms with Gasteiger partial charge in [-0.15, -0.1) is 0 Å². The molecule has 10 atom stereocenters. The highest BCUT2D eigenvalue weighted by atomic mass is 16.5. The molecule has 0 aliphatic carbocycles. The summed E-state index contributed by atoms with van der Waals surface area (Å²) in [7, 11) is 4.27. The van der Waals surface area contributed by atoms with Crippen LogP contribution in [0.3, 0.4) is 0 Å². The van der Waals surface area contributed by atoms with Crippen molar-refractivity contribution in [2.75, 3.05) is 34.5 Å². The summed E-state index contributed by atoms with van der Waals surface area (Å²) in [6.45, 7) is 13.3. The number of ether oxygens (including phenoxy) is 6. The Morgan fingerprint density at radius 3 is 2.28 bits per heavy atom. The predicted molar refractivity (Wildman–Crippen MR) is 267 cm³/mol. The maximum Gasteiger partial charge on any atom is 0.407 e. The molecule has 3 aromatic carbocycles. The lowest BCUT2D eigenvalue weighted by molar-refractivity contribution is -0.140. The van der Waals surface area contributed by atoms with Crippen molar-refractivity contribution >= 4 is 45.8 Å². The summed E-state index contributed by atoms with van der Waals surface area (Å²) in [4.78, 5) is 75.4. The fourth-order valence-corrected chi connectivity index (χ4v) is 12.3. The summed E-state index contributed by atoms with van der Waals surface area (Å²) in [6, 6.07) is 12.3. The largest absolute Gasteiger partial charge is 0.496 e. The van der Waals surface area contributed by atoms with E-state index in [9.17, 15) is 19.2 Å². The second-order valence-electron chi connectivity index (χ2n) is 20.6. The van der Waals surface area contributed by atoms with E-state index in [2.05, 4.69) is 70.5 Å². The van der Waals surface area contributed by atoms with Gasteiger partial charge < -0.3 is 58.8 Å². The Bertz CT molecular complexity index is 2890. The standard InChI is InChI=1S/C54H66N8O10/c1-27-9-14-43(62(27)52(64)47(60-54(66)69-8)36-17-30(4)72-31(5)18-36)49-55-23-42(57-49)34-10-12-38-37(20-34)26-70-45-22-39-33(21-40(38)45)11-13-41-48(39)58-50(56-41)44-19-32(25-67-6)24-61(44)51(63)46(59-53(65)68-7)35-15-28(2)71-29(3)16-35/h10-13,20-23,27,29-32,35-36,43-44,46-47H,2,9,14-19,24-26H2,1,3-8H3,(H,55,57)(H,56,58)(H,59,65)(H,60,66)/t27-,29+,30+,31+,32-,35?,43-,44-,46-,47-/m0/s1. The molecule has 4 amide bonds. The van der Waals surface area contributed by atoms with E-state index in [1.807, 2.05) is 42.8 Å². The first-order valence-electron chi connectivity index (χ1n) is 25.3. The number of allylic oxidation sites excluding steroid dienone is 1. The van der Waals surface area contributed by atoms with Crippen molar-refractivity contribution in [1.29, 1.82) is 0 Å². The number of aromatic nitrogens is 4. The number of fused-ring (bicyclic) bond motifs is 6. The number of aromatic amines is 2. The molecule has 4 saturated heterocycles. The quantitative estimate of drug-likeness (QED) is 0.0986. The van der Waals surface area contributed by atoms with Crippen LogP contribution in [0.5, 0.6) is 5.75 Å². The van der Waals surface area contributed by atoms with Crippen molar-refractivity contribution in [2.45, 2.75) is 128 Å². The lowest BCUT2D eigenvalue weighted by Crippen LogP contribution is -2.55. The van der Waals surface area contributed by atoms with Crippen LogP contribution < -0.4 is 15.4 Å². The van der Waals surface area contributed by atoms with Gasteiger partial charge in [-0.1, -0.05) is 24.8 Å². The summed E-state index contributed by atoms with van der Waals surface area (Å²) in [5, 5.41) is 7.64. The van der Waals surface area contributed by atoms with Gasteiger partial charge in [0.15, 0.2) is 0 Å². The second-order valence-corrected chi connectivity index (χ2v) is 20.6. The third kappa shape index (κ3) is 9.46. The van der Waals surface area contributed by atoms with Gasteiger partial charge in [-0.05, 0) is 124 Å². The molecule has 10 rings (SSSR count). The maximum atomic E-state index is 14.7. The molecule has 4 N–H and O–H groups in total. The fraction of sp³-hybridized carbons (Fsp3) is 0.519. The smallest absolute Gasteiger partial charge is 0.407 e. The van der Waals surface area contributed by atoms with Crippen molar-refractivity contribution in [2.24, 2.45) is 17.8 Å². The van der Waals surface area contributed by atoms with Gasteiger partial charge in [-0.25, -0.2) is 19.6 Å². The number of hydrogen-bond acceptors (Lipinski definition) is 12. The van der Waals surface area contributed by atoms with Gasteiger partial charge in [0.2, 0.25) is 11.8 Å². The highest BCUT2D eigenvalue weighted by Crippen LogP contribution is 2.45. The molecule has 7 heterocycles. The predicted octanol–water partition coefficient (Wildman–Crippen LogP) is 8.24. The molecule has 0 bridgehead atoms. The van der Waals surface area contributed by atoms with Crippen LogP contribution in [0.1, 0.15) is 102 Å². The molecular weight excluding hydrogens is 921 g/mol. The molecule has 1 unspecified atom stereocenters. The minimum Gasteiger partial charge on any atom is -0.496 e. The first kappa shape index (κ1) is 48.9. The van der Waals surface area contributed by atoms with Crippen molar-refractivity contribution < 1.29 is 47.6 Å². The Balaban J connectivity index is 0.900.